The summed E-state index contributed by atoms with van der Waals surface area (Å²) in [5.74, 6) is -0.918. The quantitative estimate of drug-likeness (QED) is 0.476. The molecule has 2 amide bonds. The fraction of sp³-hybridized carbons (Fsp3) is 0.100. The number of aromatic nitrogens is 2. The zero-order valence-electron chi connectivity index (χ0n) is 14.8. The molecule has 0 N–H and O–H groups in total. The average Bonchev–Trinajstić information content (AvgIpc) is 3.09. The summed E-state index contributed by atoms with van der Waals surface area (Å²) < 4.78 is 1.63. The minimum Gasteiger partial charge on any atom is -0.267 e. The van der Waals surface area contributed by atoms with Crippen LogP contribution in [0, 0.1) is 6.92 Å². The monoisotopic (exact) mass is 412 g/mol. The van der Waals surface area contributed by atoms with Gasteiger partial charge >= 0.3 is 0 Å². The molecule has 1 aliphatic heterocycles. The van der Waals surface area contributed by atoms with E-state index in [1.165, 1.54) is 6.21 Å². The van der Waals surface area contributed by atoms with E-state index in [2.05, 4.69) is 10.2 Å². The van der Waals surface area contributed by atoms with E-state index in [0.717, 1.165) is 10.6 Å². The second kappa shape index (κ2) is 7.22. The average molecular weight is 413 g/mol. The van der Waals surface area contributed by atoms with Crippen molar-refractivity contribution in [2.75, 3.05) is 0 Å². The number of rotatable bonds is 4. The van der Waals surface area contributed by atoms with Crippen LogP contribution in [-0.2, 0) is 6.54 Å². The molecule has 28 heavy (non-hydrogen) atoms. The lowest BCUT2D eigenvalue weighted by molar-refractivity contribution is 0.0660. The lowest BCUT2D eigenvalue weighted by Crippen LogP contribution is -2.24. The highest BCUT2D eigenvalue weighted by atomic mass is 35.5. The lowest BCUT2D eigenvalue weighted by Gasteiger charge is -2.05. The first-order chi connectivity index (χ1) is 13.5. The van der Waals surface area contributed by atoms with Gasteiger partial charge in [0, 0.05) is 5.02 Å². The molecule has 0 unspecified atom stereocenters. The Morgan fingerprint density at radius 2 is 1.61 bits per heavy atom. The van der Waals surface area contributed by atoms with Crippen LogP contribution < -0.4 is 0 Å². The van der Waals surface area contributed by atoms with Crippen molar-refractivity contribution < 1.29 is 9.59 Å². The number of carbonyl (C=O) groups is 2. The molecule has 0 saturated heterocycles. The molecule has 0 bridgehead atoms. The molecule has 6 nitrogen and oxygen atoms in total. The number of amides is 2. The molecule has 0 radical (unpaired) electrons. The van der Waals surface area contributed by atoms with Gasteiger partial charge < -0.3 is 0 Å². The zero-order valence-corrected chi connectivity index (χ0v) is 16.3. The van der Waals surface area contributed by atoms with Gasteiger partial charge in [0.05, 0.1) is 35.1 Å². The lowest BCUT2D eigenvalue weighted by atomic mass is 10.1. The molecule has 0 spiro atoms. The number of fused-ring (bicyclic) bond motifs is 1. The van der Waals surface area contributed by atoms with Crippen LogP contribution in [0.4, 0.5) is 0 Å². The Labute approximate surface area is 171 Å². The summed E-state index contributed by atoms with van der Waals surface area (Å²) in [5, 5.41) is 10.4. The van der Waals surface area contributed by atoms with Crippen LogP contribution in [0.25, 0.3) is 0 Å². The minimum atomic E-state index is -0.459. The molecular weight excluding hydrogens is 399 g/mol. The number of hydrogen-bond acceptors (Lipinski definition) is 4. The Hall–Kier alpha value is -2.96. The topological polar surface area (TPSA) is 67.6 Å². The minimum absolute atomic E-state index is 0.339. The van der Waals surface area contributed by atoms with Crippen molar-refractivity contribution >= 4 is 41.2 Å². The molecule has 2 aromatic carbocycles. The number of nitrogens with zero attached hydrogens (tertiary/aromatic N) is 4. The number of benzene rings is 2. The van der Waals surface area contributed by atoms with E-state index < -0.39 is 11.8 Å². The van der Waals surface area contributed by atoms with Crippen molar-refractivity contribution in [2.24, 2.45) is 5.10 Å². The highest BCUT2D eigenvalue weighted by Crippen LogP contribution is 2.24. The predicted octanol–water partition coefficient (Wildman–Crippen LogP) is 4.18. The fourth-order valence-electron chi connectivity index (χ4n) is 2.98. The van der Waals surface area contributed by atoms with Gasteiger partial charge in [0.15, 0.2) is 0 Å². The van der Waals surface area contributed by atoms with Crippen LogP contribution in [-0.4, -0.2) is 32.8 Å². The van der Waals surface area contributed by atoms with Crippen molar-refractivity contribution in [1.82, 2.24) is 14.8 Å². The number of hydrogen-bond donors (Lipinski definition) is 0. The first-order valence-electron chi connectivity index (χ1n) is 8.45. The van der Waals surface area contributed by atoms with Gasteiger partial charge in [0.1, 0.15) is 5.15 Å². The maximum atomic E-state index is 12.4. The molecule has 0 fully saturated rings. The van der Waals surface area contributed by atoms with Crippen LogP contribution in [0.1, 0.15) is 37.5 Å². The summed E-state index contributed by atoms with van der Waals surface area (Å²) in [6, 6.07) is 14.0. The summed E-state index contributed by atoms with van der Waals surface area (Å²) in [7, 11) is 0. The summed E-state index contributed by atoms with van der Waals surface area (Å²) >= 11 is 12.4. The van der Waals surface area contributed by atoms with Gasteiger partial charge in [-0.1, -0.05) is 47.5 Å². The molecule has 4 rings (SSSR count). The van der Waals surface area contributed by atoms with Crippen molar-refractivity contribution in [3.05, 3.63) is 86.7 Å². The number of hydrazone groups is 1. The van der Waals surface area contributed by atoms with Crippen molar-refractivity contribution in [3.8, 4) is 0 Å². The third kappa shape index (κ3) is 3.21. The van der Waals surface area contributed by atoms with E-state index in [1.54, 1.807) is 48.0 Å². The highest BCUT2D eigenvalue weighted by Gasteiger charge is 2.35. The Balaban J connectivity index is 1.59. The van der Waals surface area contributed by atoms with Crippen molar-refractivity contribution in [2.45, 2.75) is 13.5 Å². The standard InChI is InChI=1S/C20H14Cl2N4O2/c1-12-17(18(22)25(24-12)11-13-6-8-14(21)9-7-13)10-23-26-19(27)15-4-2-3-5-16(15)20(26)28/h2-10H,11H2,1H3/b23-10+. The van der Waals surface area contributed by atoms with Crippen LogP contribution in [0.2, 0.25) is 10.2 Å². The van der Waals surface area contributed by atoms with Crippen molar-refractivity contribution in [1.29, 1.82) is 0 Å². The molecule has 140 valence electrons. The maximum absolute atomic E-state index is 12.4. The van der Waals surface area contributed by atoms with E-state index in [-0.39, 0.29) is 0 Å². The first-order valence-corrected chi connectivity index (χ1v) is 9.20. The van der Waals surface area contributed by atoms with Gasteiger partial charge in [-0.2, -0.15) is 15.2 Å². The number of carbonyl (C=O) groups excluding carboxylic acids is 2. The SMILES string of the molecule is Cc1nn(Cc2ccc(Cl)cc2)c(Cl)c1/C=N/N1C(=O)c2ccccc2C1=O. The van der Waals surface area contributed by atoms with E-state index in [9.17, 15) is 9.59 Å². The van der Waals surface area contributed by atoms with Gasteiger partial charge in [-0.3, -0.25) is 9.59 Å². The number of imide groups is 1. The molecular formula is C20H14Cl2N4O2. The van der Waals surface area contributed by atoms with Crippen LogP contribution >= 0.6 is 23.2 Å². The second-order valence-electron chi connectivity index (χ2n) is 6.29. The number of aryl methyl sites for hydroxylation is 1. The Morgan fingerprint density at radius 1 is 1.00 bits per heavy atom. The molecule has 0 saturated carbocycles. The smallest absolute Gasteiger partial charge is 0.267 e. The van der Waals surface area contributed by atoms with Gasteiger partial charge in [-0.05, 0) is 36.8 Å². The largest absolute Gasteiger partial charge is 0.282 e. The van der Waals surface area contributed by atoms with E-state index >= 15 is 0 Å². The van der Waals surface area contributed by atoms with Gasteiger partial charge in [0.25, 0.3) is 11.8 Å². The molecule has 2 heterocycles. The predicted molar refractivity (Wildman–Crippen MR) is 107 cm³/mol. The van der Waals surface area contributed by atoms with Gasteiger partial charge in [-0.15, -0.1) is 0 Å². The van der Waals surface area contributed by atoms with Crippen LogP contribution in [0.5, 0.6) is 0 Å². The molecule has 1 aliphatic rings. The summed E-state index contributed by atoms with van der Waals surface area (Å²) in [6.45, 7) is 2.24. The van der Waals surface area contributed by atoms with Gasteiger partial charge in [0.2, 0.25) is 0 Å². The second-order valence-corrected chi connectivity index (χ2v) is 7.08. The molecule has 8 heteroatoms. The van der Waals surface area contributed by atoms with Crippen LogP contribution in [0.3, 0.4) is 0 Å². The van der Waals surface area contributed by atoms with E-state index in [0.29, 0.717) is 39.1 Å². The Bertz CT molecular complexity index is 1080. The Morgan fingerprint density at radius 3 is 2.21 bits per heavy atom. The maximum Gasteiger partial charge on any atom is 0.282 e. The van der Waals surface area contributed by atoms with Gasteiger partial charge in [-0.25, -0.2) is 4.68 Å². The highest BCUT2D eigenvalue weighted by molar-refractivity contribution is 6.32. The third-order valence-corrected chi connectivity index (χ3v) is 5.08. The molecule has 1 aromatic heterocycles. The molecule has 3 aromatic rings. The Kier molecular flexibility index (Phi) is 4.75. The summed E-state index contributed by atoms with van der Waals surface area (Å²) in [6.07, 6.45) is 1.39. The summed E-state index contributed by atoms with van der Waals surface area (Å²) in [5.41, 5.74) is 2.85. The normalized spacial score (nSPS) is 13.6. The van der Waals surface area contributed by atoms with Crippen molar-refractivity contribution in [3.63, 3.8) is 0 Å². The molecule has 0 aliphatic carbocycles. The first kappa shape index (κ1) is 18.4. The third-order valence-electron chi connectivity index (χ3n) is 4.43. The fourth-order valence-corrected chi connectivity index (χ4v) is 3.39. The summed E-state index contributed by atoms with van der Waals surface area (Å²) in [4.78, 5) is 24.8. The number of halogens is 2. The molecule has 0 atom stereocenters. The zero-order chi connectivity index (χ0) is 19.8. The van der Waals surface area contributed by atoms with E-state index in [4.69, 9.17) is 23.2 Å². The van der Waals surface area contributed by atoms with E-state index in [1.807, 2.05) is 12.1 Å². The van der Waals surface area contributed by atoms with Crippen LogP contribution in [0.15, 0.2) is 53.6 Å².